The number of methoxy groups -OCH3 is 2. The van der Waals surface area contributed by atoms with E-state index in [1.807, 2.05) is 0 Å². The van der Waals surface area contributed by atoms with Crippen LogP contribution in [-0.4, -0.2) is 20.0 Å². The molecule has 0 aromatic heterocycles. The summed E-state index contributed by atoms with van der Waals surface area (Å²) in [6, 6.07) is 52.4. The summed E-state index contributed by atoms with van der Waals surface area (Å²) in [7, 11) is 1.79. The Hall–Kier alpha value is -3.64. The SMILES string of the molecule is COC1(OC)C=CC=C(P(c2ccccc2)c2ccccc2)C1c1ccccc1P(c1ccccc1)c1ccccc1. The van der Waals surface area contributed by atoms with Gasteiger partial charge in [-0.2, -0.15) is 0 Å². The van der Waals surface area contributed by atoms with E-state index in [-0.39, 0.29) is 5.92 Å². The number of allylic oxidation sites excluding steroid dienone is 2. The number of rotatable bonds is 9. The van der Waals surface area contributed by atoms with Crippen molar-refractivity contribution in [1.29, 1.82) is 0 Å². The van der Waals surface area contributed by atoms with Crippen LogP contribution in [0.3, 0.4) is 0 Å². The Morgan fingerprint density at radius 3 is 1.36 bits per heavy atom. The fourth-order valence-electron chi connectivity index (χ4n) is 5.83. The molecule has 0 radical (unpaired) electrons. The van der Waals surface area contributed by atoms with Crippen molar-refractivity contribution >= 4 is 42.4 Å². The van der Waals surface area contributed by atoms with Gasteiger partial charge in [-0.25, -0.2) is 0 Å². The average Bonchev–Trinajstić information content (AvgIpc) is 3.07. The summed E-state index contributed by atoms with van der Waals surface area (Å²) in [5.74, 6) is -1.13. The van der Waals surface area contributed by atoms with E-state index in [1.165, 1.54) is 37.4 Å². The molecule has 1 aliphatic carbocycles. The van der Waals surface area contributed by atoms with Crippen molar-refractivity contribution in [3.63, 3.8) is 0 Å². The minimum atomic E-state index is -0.960. The molecule has 0 aliphatic heterocycles. The van der Waals surface area contributed by atoms with Gasteiger partial charge in [0.25, 0.3) is 0 Å². The lowest BCUT2D eigenvalue weighted by molar-refractivity contribution is -0.179. The van der Waals surface area contributed by atoms with Crippen molar-refractivity contribution in [2.24, 2.45) is 0 Å². The maximum Gasteiger partial charge on any atom is 0.198 e. The Morgan fingerprint density at radius 1 is 0.500 bits per heavy atom. The summed E-state index contributed by atoms with van der Waals surface area (Å²) < 4.78 is 12.7. The quantitative estimate of drug-likeness (QED) is 0.136. The van der Waals surface area contributed by atoms with Crippen LogP contribution in [0.5, 0.6) is 0 Å². The molecule has 5 aromatic rings. The minimum absolute atomic E-state index is 0.169. The molecule has 1 aliphatic rings. The van der Waals surface area contributed by atoms with E-state index in [2.05, 4.69) is 164 Å². The normalized spacial score (nSPS) is 16.0. The van der Waals surface area contributed by atoms with Crippen LogP contribution in [0.25, 0.3) is 0 Å². The zero-order chi connectivity index (χ0) is 28.8. The topological polar surface area (TPSA) is 18.5 Å². The van der Waals surface area contributed by atoms with Crippen LogP contribution in [0.1, 0.15) is 11.5 Å². The molecule has 2 nitrogen and oxygen atoms in total. The third kappa shape index (κ3) is 5.57. The second-order valence-electron chi connectivity index (χ2n) is 10.1. The minimum Gasteiger partial charge on any atom is -0.349 e. The Balaban J connectivity index is 1.61. The highest BCUT2D eigenvalue weighted by molar-refractivity contribution is 7.80. The first-order valence-electron chi connectivity index (χ1n) is 14.1. The van der Waals surface area contributed by atoms with Gasteiger partial charge in [0.05, 0.1) is 5.92 Å². The molecule has 0 N–H and O–H groups in total. The standard InChI is InChI=1S/C38H34O2P2/c1-39-38(40-2)29-17-28-36(42(32-22-11-5-12-23-32)33-24-13-6-14-25-33)37(38)34-26-15-16-27-35(34)41(30-18-7-3-8-19-30)31-20-9-4-10-21-31/h3-29,37H,1-2H3. The molecule has 0 saturated heterocycles. The molecule has 0 saturated carbocycles. The fraction of sp³-hybridized carbons (Fsp3) is 0.105. The van der Waals surface area contributed by atoms with E-state index < -0.39 is 21.6 Å². The van der Waals surface area contributed by atoms with Gasteiger partial charge in [0, 0.05) is 14.2 Å². The Labute approximate surface area is 251 Å². The second-order valence-corrected chi connectivity index (χ2v) is 14.5. The van der Waals surface area contributed by atoms with E-state index in [9.17, 15) is 0 Å². The molecule has 6 rings (SSSR count). The van der Waals surface area contributed by atoms with Crippen molar-refractivity contribution in [1.82, 2.24) is 0 Å². The molecular formula is C38H34O2P2. The van der Waals surface area contributed by atoms with Crippen molar-refractivity contribution in [2.45, 2.75) is 11.7 Å². The monoisotopic (exact) mass is 584 g/mol. The van der Waals surface area contributed by atoms with E-state index in [0.29, 0.717) is 0 Å². The first-order chi connectivity index (χ1) is 20.8. The van der Waals surface area contributed by atoms with Gasteiger partial charge in [0.2, 0.25) is 0 Å². The third-order valence-electron chi connectivity index (χ3n) is 7.74. The zero-order valence-electron chi connectivity index (χ0n) is 23.9. The van der Waals surface area contributed by atoms with Crippen LogP contribution in [0.15, 0.2) is 169 Å². The highest BCUT2D eigenvalue weighted by atomic mass is 31.1. The van der Waals surface area contributed by atoms with E-state index in [0.717, 1.165) is 0 Å². The van der Waals surface area contributed by atoms with Gasteiger partial charge in [-0.05, 0) is 59.3 Å². The zero-order valence-corrected chi connectivity index (χ0v) is 25.7. The highest BCUT2D eigenvalue weighted by Gasteiger charge is 2.46. The maximum atomic E-state index is 6.36. The largest absolute Gasteiger partial charge is 0.349 e. The summed E-state index contributed by atoms with van der Waals surface area (Å²) in [4.78, 5) is 0. The van der Waals surface area contributed by atoms with Gasteiger partial charge in [-0.1, -0.05) is 158 Å². The number of benzene rings is 5. The molecule has 1 unspecified atom stereocenters. The summed E-state index contributed by atoms with van der Waals surface area (Å²) in [6.45, 7) is 0. The van der Waals surface area contributed by atoms with Gasteiger partial charge >= 0.3 is 0 Å². The van der Waals surface area contributed by atoms with Crippen molar-refractivity contribution in [3.8, 4) is 0 Å². The van der Waals surface area contributed by atoms with Gasteiger partial charge < -0.3 is 9.47 Å². The first-order valence-corrected chi connectivity index (χ1v) is 16.8. The van der Waals surface area contributed by atoms with Crippen LogP contribution < -0.4 is 26.5 Å². The lowest BCUT2D eigenvalue weighted by Crippen LogP contribution is -2.43. The van der Waals surface area contributed by atoms with Crippen LogP contribution >= 0.6 is 15.8 Å². The van der Waals surface area contributed by atoms with Crippen LogP contribution in [0.4, 0.5) is 0 Å². The molecule has 208 valence electrons. The lowest BCUT2D eigenvalue weighted by atomic mass is 9.86. The average molecular weight is 585 g/mol. The van der Waals surface area contributed by atoms with E-state index in [4.69, 9.17) is 9.47 Å². The molecule has 0 fully saturated rings. The predicted octanol–water partition coefficient (Wildman–Crippen LogP) is 7.10. The molecule has 0 heterocycles. The summed E-state index contributed by atoms with van der Waals surface area (Å²) >= 11 is 0. The van der Waals surface area contributed by atoms with Crippen LogP contribution in [0.2, 0.25) is 0 Å². The van der Waals surface area contributed by atoms with Crippen molar-refractivity contribution < 1.29 is 9.47 Å². The van der Waals surface area contributed by atoms with Gasteiger partial charge in [-0.3, -0.25) is 0 Å². The van der Waals surface area contributed by atoms with Crippen molar-refractivity contribution in [2.75, 3.05) is 14.2 Å². The summed E-state index contributed by atoms with van der Waals surface area (Å²) in [5, 5.41) is 7.85. The molecule has 4 heteroatoms. The first kappa shape index (κ1) is 28.5. The van der Waals surface area contributed by atoms with Gasteiger partial charge in [0.1, 0.15) is 0 Å². The Kier molecular flexibility index (Phi) is 8.90. The van der Waals surface area contributed by atoms with Gasteiger partial charge in [0.15, 0.2) is 5.79 Å². The Morgan fingerprint density at radius 2 is 0.905 bits per heavy atom. The second kappa shape index (κ2) is 13.1. The molecule has 0 spiro atoms. The number of ether oxygens (including phenoxy) is 2. The molecule has 0 amide bonds. The van der Waals surface area contributed by atoms with E-state index >= 15 is 0 Å². The van der Waals surface area contributed by atoms with Gasteiger partial charge in [-0.15, -0.1) is 0 Å². The smallest absolute Gasteiger partial charge is 0.198 e. The fourth-order valence-corrected chi connectivity index (χ4v) is 11.0. The molecule has 42 heavy (non-hydrogen) atoms. The van der Waals surface area contributed by atoms with Crippen molar-refractivity contribution in [3.05, 3.63) is 175 Å². The molecular weight excluding hydrogens is 550 g/mol. The molecule has 5 aromatic carbocycles. The number of hydrogen-bond donors (Lipinski definition) is 0. The third-order valence-corrected chi connectivity index (χ3v) is 12.8. The van der Waals surface area contributed by atoms with Crippen LogP contribution in [-0.2, 0) is 9.47 Å². The summed E-state index contributed by atoms with van der Waals surface area (Å²) in [5.41, 5.74) is 1.23. The Bertz CT molecular complexity index is 1570. The lowest BCUT2D eigenvalue weighted by Gasteiger charge is -2.43. The van der Waals surface area contributed by atoms with E-state index in [1.54, 1.807) is 14.2 Å². The maximum absolute atomic E-state index is 6.36. The molecule has 0 bridgehead atoms. The number of hydrogen-bond acceptors (Lipinski definition) is 2. The summed E-state index contributed by atoms with van der Waals surface area (Å²) in [6.07, 6.45) is 6.49. The highest BCUT2D eigenvalue weighted by Crippen LogP contribution is 2.56. The predicted molar refractivity (Wildman–Crippen MR) is 181 cm³/mol. The van der Waals surface area contributed by atoms with Crippen LogP contribution in [0, 0.1) is 0 Å². The molecule has 1 atom stereocenters.